The first-order valence-corrected chi connectivity index (χ1v) is 7.64. The Kier molecular flexibility index (Phi) is 4.55. The number of nitrogens with one attached hydrogen (secondary N) is 2. The van der Waals surface area contributed by atoms with E-state index in [4.69, 9.17) is 5.26 Å². The number of benzene rings is 1. The molecule has 0 saturated heterocycles. The zero-order valence-corrected chi connectivity index (χ0v) is 14.4. The van der Waals surface area contributed by atoms with E-state index < -0.39 is 28.7 Å². The van der Waals surface area contributed by atoms with Gasteiger partial charge in [-0.3, -0.25) is 10.2 Å². The first-order valence-electron chi connectivity index (χ1n) is 7.64. The van der Waals surface area contributed by atoms with E-state index in [1.54, 1.807) is 6.92 Å². The molecule has 2 rings (SSSR count). The van der Waals surface area contributed by atoms with Gasteiger partial charge in [-0.05, 0) is 25.1 Å². The van der Waals surface area contributed by atoms with Crippen molar-refractivity contribution in [3.05, 3.63) is 29.3 Å². The van der Waals surface area contributed by atoms with E-state index in [0.29, 0.717) is 6.42 Å². The van der Waals surface area contributed by atoms with E-state index in [1.165, 1.54) is 12.1 Å². The van der Waals surface area contributed by atoms with Crippen LogP contribution in [0.3, 0.4) is 0 Å². The number of amides is 1. The van der Waals surface area contributed by atoms with Crippen molar-refractivity contribution >= 4 is 17.3 Å². The zero-order valence-electron chi connectivity index (χ0n) is 14.4. The Morgan fingerprint density at radius 1 is 1.36 bits per heavy atom. The first kappa shape index (κ1) is 18.8. The lowest BCUT2D eigenvalue weighted by Gasteiger charge is -2.25. The third-order valence-electron chi connectivity index (χ3n) is 4.03. The van der Waals surface area contributed by atoms with Crippen molar-refractivity contribution in [1.82, 2.24) is 5.43 Å². The Labute approximate surface area is 143 Å². The van der Waals surface area contributed by atoms with Crippen molar-refractivity contribution in [2.45, 2.75) is 45.8 Å². The number of alkyl halides is 3. The molecule has 0 aliphatic carbocycles. The van der Waals surface area contributed by atoms with E-state index in [0.717, 1.165) is 17.8 Å². The highest BCUT2D eigenvalue weighted by Crippen LogP contribution is 2.34. The molecular weight excluding hydrogens is 333 g/mol. The largest absolute Gasteiger partial charge is 0.417 e. The van der Waals surface area contributed by atoms with E-state index in [2.05, 4.69) is 15.8 Å². The predicted octanol–water partition coefficient (Wildman–Crippen LogP) is 3.67. The summed E-state index contributed by atoms with van der Waals surface area (Å²) in [6.07, 6.45) is -4.32. The average molecular weight is 352 g/mol. The number of rotatable bonds is 2. The number of hydrazone groups is 1. The number of hydrogen-bond donors (Lipinski definition) is 2. The summed E-state index contributed by atoms with van der Waals surface area (Å²) in [7, 11) is 0. The number of nitriles is 1. The number of hydrogen-bond acceptors (Lipinski definition) is 4. The topological polar surface area (TPSA) is 77.3 Å². The molecule has 1 unspecified atom stereocenters. The summed E-state index contributed by atoms with van der Waals surface area (Å²) in [5.74, 6) is -0.492. The van der Waals surface area contributed by atoms with Gasteiger partial charge in [-0.2, -0.15) is 23.5 Å². The SMILES string of the molecule is CC(C)(C)C1=NNC(C)(C(=O)Nc2ccc(C#N)c(C(F)(F)F)c2)C1. The summed E-state index contributed by atoms with van der Waals surface area (Å²) in [5, 5.41) is 15.5. The van der Waals surface area contributed by atoms with Crippen molar-refractivity contribution in [3.8, 4) is 6.07 Å². The normalized spacial score (nSPS) is 20.5. The molecule has 0 aromatic heterocycles. The van der Waals surface area contributed by atoms with Gasteiger partial charge in [0.2, 0.25) is 0 Å². The van der Waals surface area contributed by atoms with Gasteiger partial charge in [0.05, 0.1) is 17.2 Å². The standard InChI is InChI=1S/C17H19F3N4O/c1-15(2,3)13-8-16(4,24-23-13)14(25)22-11-6-5-10(9-21)12(7-11)17(18,19)20/h5-7,24H,8H2,1-4H3,(H,22,25). The summed E-state index contributed by atoms with van der Waals surface area (Å²) < 4.78 is 39.1. The zero-order chi connectivity index (χ0) is 19.0. The second-order valence-corrected chi connectivity index (χ2v) is 7.25. The van der Waals surface area contributed by atoms with Crippen LogP contribution in [-0.4, -0.2) is 17.2 Å². The molecule has 0 bridgehead atoms. The molecule has 1 aromatic rings. The van der Waals surface area contributed by atoms with Crippen LogP contribution in [0.15, 0.2) is 23.3 Å². The highest BCUT2D eigenvalue weighted by atomic mass is 19.4. The maximum Gasteiger partial charge on any atom is 0.417 e. The highest BCUT2D eigenvalue weighted by molar-refractivity contribution is 6.04. The van der Waals surface area contributed by atoms with Gasteiger partial charge < -0.3 is 5.32 Å². The van der Waals surface area contributed by atoms with Crippen molar-refractivity contribution in [1.29, 1.82) is 5.26 Å². The van der Waals surface area contributed by atoms with Crippen molar-refractivity contribution in [2.24, 2.45) is 10.5 Å². The Morgan fingerprint density at radius 2 is 2.00 bits per heavy atom. The third-order valence-corrected chi connectivity index (χ3v) is 4.03. The van der Waals surface area contributed by atoms with Gasteiger partial charge in [-0.25, -0.2) is 0 Å². The molecular formula is C17H19F3N4O. The van der Waals surface area contributed by atoms with Crippen molar-refractivity contribution in [2.75, 3.05) is 5.32 Å². The van der Waals surface area contributed by atoms with Crippen LogP contribution in [0.2, 0.25) is 0 Å². The van der Waals surface area contributed by atoms with Crippen LogP contribution >= 0.6 is 0 Å². The summed E-state index contributed by atoms with van der Waals surface area (Å²) in [4.78, 5) is 12.5. The Balaban J connectivity index is 2.21. The van der Waals surface area contributed by atoms with Crippen LogP contribution in [0.1, 0.15) is 45.2 Å². The molecule has 2 N–H and O–H groups in total. The number of halogens is 3. The quantitative estimate of drug-likeness (QED) is 0.852. The lowest BCUT2D eigenvalue weighted by Crippen LogP contribution is -2.48. The maximum absolute atomic E-state index is 13.0. The first-order chi connectivity index (χ1) is 11.4. The van der Waals surface area contributed by atoms with Crippen LogP contribution in [0.4, 0.5) is 18.9 Å². The van der Waals surface area contributed by atoms with Crippen molar-refractivity contribution < 1.29 is 18.0 Å². The lowest BCUT2D eigenvalue weighted by molar-refractivity contribution is -0.137. The van der Waals surface area contributed by atoms with Crippen molar-refractivity contribution in [3.63, 3.8) is 0 Å². The molecule has 1 heterocycles. The molecule has 0 saturated carbocycles. The molecule has 1 aromatic carbocycles. The molecule has 0 spiro atoms. The minimum absolute atomic E-state index is 0.0245. The summed E-state index contributed by atoms with van der Waals surface area (Å²) in [5.41, 5.74) is 0.723. The number of carbonyl (C=O) groups excluding carboxylic acids is 1. The summed E-state index contributed by atoms with van der Waals surface area (Å²) in [6, 6.07) is 4.58. The lowest BCUT2D eigenvalue weighted by atomic mass is 9.83. The molecule has 0 radical (unpaired) electrons. The molecule has 5 nitrogen and oxygen atoms in total. The Hall–Kier alpha value is -2.56. The van der Waals surface area contributed by atoms with Gasteiger partial charge in [0.25, 0.3) is 5.91 Å². The van der Waals surface area contributed by atoms with Crippen LogP contribution in [0.5, 0.6) is 0 Å². The van der Waals surface area contributed by atoms with Crippen LogP contribution < -0.4 is 10.7 Å². The van der Waals surface area contributed by atoms with Gasteiger partial charge in [0.1, 0.15) is 5.54 Å². The monoisotopic (exact) mass is 352 g/mol. The van der Waals surface area contributed by atoms with E-state index in [-0.39, 0.29) is 11.1 Å². The van der Waals surface area contributed by atoms with Gasteiger partial charge in [-0.1, -0.05) is 20.8 Å². The predicted molar refractivity (Wildman–Crippen MR) is 87.8 cm³/mol. The number of nitrogens with zero attached hydrogens (tertiary/aromatic N) is 2. The Bertz CT molecular complexity index is 772. The molecule has 1 amide bonds. The molecule has 1 aliphatic heterocycles. The fraction of sp³-hybridized carbons (Fsp3) is 0.471. The van der Waals surface area contributed by atoms with E-state index >= 15 is 0 Å². The van der Waals surface area contributed by atoms with E-state index in [9.17, 15) is 18.0 Å². The van der Waals surface area contributed by atoms with Crippen LogP contribution in [0, 0.1) is 16.7 Å². The highest BCUT2D eigenvalue weighted by Gasteiger charge is 2.42. The van der Waals surface area contributed by atoms with Crippen LogP contribution in [-0.2, 0) is 11.0 Å². The minimum atomic E-state index is -4.68. The van der Waals surface area contributed by atoms with Crippen LogP contribution in [0.25, 0.3) is 0 Å². The molecule has 0 fully saturated rings. The fourth-order valence-electron chi connectivity index (χ4n) is 2.39. The molecule has 25 heavy (non-hydrogen) atoms. The second kappa shape index (κ2) is 6.06. The summed E-state index contributed by atoms with van der Waals surface area (Å²) in [6.45, 7) is 7.53. The summed E-state index contributed by atoms with van der Waals surface area (Å²) >= 11 is 0. The van der Waals surface area contributed by atoms with E-state index in [1.807, 2.05) is 20.8 Å². The fourth-order valence-corrected chi connectivity index (χ4v) is 2.39. The Morgan fingerprint density at radius 3 is 2.48 bits per heavy atom. The van der Waals surface area contributed by atoms with Gasteiger partial charge in [-0.15, -0.1) is 0 Å². The smallest absolute Gasteiger partial charge is 0.324 e. The number of carbonyl (C=O) groups is 1. The third kappa shape index (κ3) is 3.92. The molecule has 8 heteroatoms. The average Bonchev–Trinajstić information content (AvgIpc) is 2.90. The molecule has 1 aliphatic rings. The molecule has 1 atom stereocenters. The van der Waals surface area contributed by atoms with Gasteiger partial charge >= 0.3 is 6.18 Å². The van der Waals surface area contributed by atoms with Gasteiger partial charge in [0.15, 0.2) is 0 Å². The molecule has 134 valence electrons. The number of anilines is 1. The van der Waals surface area contributed by atoms with Gasteiger partial charge in [0, 0.05) is 23.2 Å². The maximum atomic E-state index is 13.0. The minimum Gasteiger partial charge on any atom is -0.324 e. The second-order valence-electron chi connectivity index (χ2n) is 7.25.